The van der Waals surface area contributed by atoms with Gasteiger partial charge in [-0.1, -0.05) is 0 Å². The smallest absolute Gasteiger partial charge is 0.327 e. The number of hydrogen-bond donors (Lipinski definition) is 5. The maximum atomic E-state index is 11.3. The number of hydrogen-bond acceptors (Lipinski definition) is 5. The lowest BCUT2D eigenvalue weighted by atomic mass is 10.2. The Labute approximate surface area is 88.5 Å². The standard InChI is InChI=1S/C8H11N5O3/c9-2-1-3(14)5-10-4-6(11-5)12-8(16)13-7(4)15/h3,14H,1-2,9H2,(H3,10,11,12,13,15,16). The van der Waals surface area contributed by atoms with Crippen molar-refractivity contribution in [1.82, 2.24) is 19.9 Å². The number of nitrogens with zero attached hydrogens (tertiary/aromatic N) is 1. The molecule has 0 bridgehead atoms. The summed E-state index contributed by atoms with van der Waals surface area (Å²) in [6.07, 6.45) is -0.553. The first kappa shape index (κ1) is 10.6. The number of nitrogens with one attached hydrogen (secondary N) is 3. The van der Waals surface area contributed by atoms with Crippen molar-refractivity contribution >= 4 is 11.2 Å². The molecule has 0 saturated heterocycles. The van der Waals surface area contributed by atoms with Crippen LogP contribution in [0.1, 0.15) is 18.3 Å². The van der Waals surface area contributed by atoms with E-state index in [1.54, 1.807) is 0 Å². The highest BCUT2D eigenvalue weighted by molar-refractivity contribution is 5.68. The summed E-state index contributed by atoms with van der Waals surface area (Å²) < 4.78 is 0. The second-order valence-corrected chi connectivity index (χ2v) is 3.35. The fourth-order valence-corrected chi connectivity index (χ4v) is 1.40. The van der Waals surface area contributed by atoms with E-state index in [1.807, 2.05) is 0 Å². The molecule has 2 aromatic rings. The van der Waals surface area contributed by atoms with Gasteiger partial charge in [-0.3, -0.25) is 14.8 Å². The van der Waals surface area contributed by atoms with E-state index in [0.717, 1.165) is 0 Å². The van der Waals surface area contributed by atoms with Crippen LogP contribution < -0.4 is 17.0 Å². The number of aromatic amines is 3. The highest BCUT2D eigenvalue weighted by atomic mass is 16.3. The molecule has 0 aliphatic rings. The number of imidazole rings is 1. The lowest BCUT2D eigenvalue weighted by Gasteiger charge is -2.03. The van der Waals surface area contributed by atoms with Crippen LogP contribution in [0, 0.1) is 0 Å². The van der Waals surface area contributed by atoms with Crippen LogP contribution >= 0.6 is 0 Å². The van der Waals surface area contributed by atoms with Crippen LogP contribution in [0.4, 0.5) is 0 Å². The molecule has 0 spiro atoms. The second kappa shape index (κ2) is 3.91. The highest BCUT2D eigenvalue weighted by Crippen LogP contribution is 2.13. The molecule has 0 aromatic carbocycles. The van der Waals surface area contributed by atoms with Crippen molar-refractivity contribution in [2.24, 2.45) is 5.73 Å². The van der Waals surface area contributed by atoms with Crippen LogP contribution in [0.5, 0.6) is 0 Å². The van der Waals surface area contributed by atoms with Crippen molar-refractivity contribution in [2.75, 3.05) is 6.54 Å². The number of aromatic nitrogens is 4. The van der Waals surface area contributed by atoms with E-state index in [0.29, 0.717) is 13.0 Å². The molecular formula is C8H11N5O3. The molecule has 2 heterocycles. The Kier molecular flexibility index (Phi) is 2.59. The molecule has 1 atom stereocenters. The van der Waals surface area contributed by atoms with E-state index in [2.05, 4.69) is 19.9 Å². The predicted octanol–water partition coefficient (Wildman–Crippen LogP) is -1.68. The average molecular weight is 225 g/mol. The Hall–Kier alpha value is -1.93. The van der Waals surface area contributed by atoms with Gasteiger partial charge in [0, 0.05) is 0 Å². The van der Waals surface area contributed by atoms with E-state index in [9.17, 15) is 14.7 Å². The SMILES string of the molecule is NCCC(O)c1nc2[nH]c(=O)[nH]c(=O)c2[nH]1. The summed E-state index contributed by atoms with van der Waals surface area (Å²) in [5.74, 6) is 0.216. The summed E-state index contributed by atoms with van der Waals surface area (Å²) in [6.45, 7) is 0.297. The third-order valence-corrected chi connectivity index (χ3v) is 2.16. The molecule has 16 heavy (non-hydrogen) atoms. The molecule has 0 radical (unpaired) electrons. The third-order valence-electron chi connectivity index (χ3n) is 2.16. The third kappa shape index (κ3) is 1.75. The van der Waals surface area contributed by atoms with Crippen LogP contribution in [0.15, 0.2) is 9.59 Å². The highest BCUT2D eigenvalue weighted by Gasteiger charge is 2.13. The monoisotopic (exact) mass is 225 g/mol. The minimum Gasteiger partial charge on any atom is -0.385 e. The van der Waals surface area contributed by atoms with E-state index in [-0.39, 0.29) is 17.0 Å². The summed E-state index contributed by atoms with van der Waals surface area (Å²) in [6, 6.07) is 0. The maximum absolute atomic E-state index is 11.3. The molecule has 6 N–H and O–H groups in total. The number of nitrogens with two attached hydrogens (primary N) is 1. The molecule has 0 saturated carbocycles. The summed E-state index contributed by atoms with van der Waals surface area (Å²) >= 11 is 0. The van der Waals surface area contributed by atoms with Gasteiger partial charge in [0.1, 0.15) is 17.4 Å². The van der Waals surface area contributed by atoms with Crippen molar-refractivity contribution in [3.05, 3.63) is 26.7 Å². The summed E-state index contributed by atoms with van der Waals surface area (Å²) in [5, 5.41) is 9.60. The zero-order valence-electron chi connectivity index (χ0n) is 8.28. The quantitative estimate of drug-likeness (QED) is 0.424. The van der Waals surface area contributed by atoms with Gasteiger partial charge in [0.2, 0.25) is 0 Å². The van der Waals surface area contributed by atoms with Gasteiger partial charge in [0.25, 0.3) is 5.56 Å². The number of fused-ring (bicyclic) bond motifs is 1. The Morgan fingerprint density at radius 3 is 2.75 bits per heavy atom. The first-order chi connectivity index (χ1) is 7.61. The van der Waals surface area contributed by atoms with Gasteiger partial charge in [-0.15, -0.1) is 0 Å². The first-order valence-electron chi connectivity index (χ1n) is 4.72. The molecule has 0 aliphatic heterocycles. The predicted molar refractivity (Wildman–Crippen MR) is 56.0 cm³/mol. The molecule has 0 aliphatic carbocycles. The Balaban J connectivity index is 2.56. The normalized spacial score (nSPS) is 13.1. The molecule has 8 heteroatoms. The second-order valence-electron chi connectivity index (χ2n) is 3.35. The molecule has 1 unspecified atom stereocenters. The number of H-pyrrole nitrogens is 3. The van der Waals surface area contributed by atoms with Crippen LogP contribution in [0.3, 0.4) is 0 Å². The van der Waals surface area contributed by atoms with Crippen LogP contribution in [0.2, 0.25) is 0 Å². The van der Waals surface area contributed by atoms with Crippen LogP contribution in [0.25, 0.3) is 11.2 Å². The van der Waals surface area contributed by atoms with Crippen molar-refractivity contribution in [3.8, 4) is 0 Å². The van der Waals surface area contributed by atoms with E-state index >= 15 is 0 Å². The summed E-state index contributed by atoms with van der Waals surface area (Å²) in [7, 11) is 0. The fourth-order valence-electron chi connectivity index (χ4n) is 1.40. The van der Waals surface area contributed by atoms with Crippen molar-refractivity contribution in [1.29, 1.82) is 0 Å². The lowest BCUT2D eigenvalue weighted by Crippen LogP contribution is -2.21. The molecule has 8 nitrogen and oxygen atoms in total. The Morgan fingerprint density at radius 2 is 2.06 bits per heavy atom. The van der Waals surface area contributed by atoms with Crippen LogP contribution in [-0.4, -0.2) is 31.6 Å². The molecule has 0 fully saturated rings. The van der Waals surface area contributed by atoms with Gasteiger partial charge in [-0.25, -0.2) is 9.78 Å². The minimum atomic E-state index is -0.875. The van der Waals surface area contributed by atoms with Gasteiger partial charge in [0.15, 0.2) is 5.65 Å². The summed E-state index contributed by atoms with van der Waals surface area (Å²) in [4.78, 5) is 33.3. The van der Waals surface area contributed by atoms with Crippen molar-refractivity contribution in [3.63, 3.8) is 0 Å². The minimum absolute atomic E-state index is 0.125. The van der Waals surface area contributed by atoms with E-state index < -0.39 is 17.4 Å². The molecule has 2 aromatic heterocycles. The largest absolute Gasteiger partial charge is 0.385 e. The zero-order valence-corrected chi connectivity index (χ0v) is 8.28. The van der Waals surface area contributed by atoms with Crippen molar-refractivity contribution in [2.45, 2.75) is 12.5 Å². The summed E-state index contributed by atoms with van der Waals surface area (Å²) in [5.41, 5.74) is 4.34. The zero-order chi connectivity index (χ0) is 11.7. The number of aliphatic hydroxyl groups is 1. The maximum Gasteiger partial charge on any atom is 0.327 e. The molecule has 0 amide bonds. The number of aliphatic hydroxyl groups excluding tert-OH is 1. The fraction of sp³-hybridized carbons (Fsp3) is 0.375. The van der Waals surface area contributed by atoms with Gasteiger partial charge < -0.3 is 15.8 Å². The Morgan fingerprint density at radius 1 is 1.31 bits per heavy atom. The topological polar surface area (TPSA) is 141 Å². The first-order valence-corrected chi connectivity index (χ1v) is 4.72. The molecular weight excluding hydrogens is 214 g/mol. The molecule has 2 rings (SSSR count). The van der Waals surface area contributed by atoms with Crippen LogP contribution in [-0.2, 0) is 0 Å². The average Bonchev–Trinajstić information content (AvgIpc) is 2.62. The Bertz CT molecular complexity index is 610. The molecule has 86 valence electrons. The van der Waals surface area contributed by atoms with Gasteiger partial charge in [-0.05, 0) is 13.0 Å². The number of rotatable bonds is 3. The van der Waals surface area contributed by atoms with Crippen molar-refractivity contribution < 1.29 is 5.11 Å². The van der Waals surface area contributed by atoms with Gasteiger partial charge in [-0.2, -0.15) is 0 Å². The van der Waals surface area contributed by atoms with E-state index in [4.69, 9.17) is 5.73 Å². The van der Waals surface area contributed by atoms with Gasteiger partial charge in [0.05, 0.1) is 0 Å². The van der Waals surface area contributed by atoms with E-state index in [1.165, 1.54) is 0 Å². The lowest BCUT2D eigenvalue weighted by molar-refractivity contribution is 0.162. The van der Waals surface area contributed by atoms with Gasteiger partial charge >= 0.3 is 5.69 Å².